The third-order valence-electron chi connectivity index (χ3n) is 3.43. The maximum absolute atomic E-state index is 5.85. The molecular formula is C17H20N4O. The number of rotatable bonds is 5. The normalized spacial score (nSPS) is 11.2. The van der Waals surface area contributed by atoms with Crippen LogP contribution < -0.4 is 10.5 Å². The lowest BCUT2D eigenvalue weighted by molar-refractivity contribution is 0.262. The zero-order valence-corrected chi connectivity index (χ0v) is 12.9. The summed E-state index contributed by atoms with van der Waals surface area (Å²) < 4.78 is 7.83. The van der Waals surface area contributed by atoms with Crippen LogP contribution >= 0.6 is 0 Å². The molecular weight excluding hydrogens is 276 g/mol. The smallest absolute Gasteiger partial charge is 0.180 e. The molecule has 22 heavy (non-hydrogen) atoms. The van der Waals surface area contributed by atoms with Gasteiger partial charge in [-0.1, -0.05) is 12.1 Å². The van der Waals surface area contributed by atoms with E-state index in [1.54, 1.807) is 0 Å². The molecule has 0 amide bonds. The second-order valence-electron chi connectivity index (χ2n) is 5.51. The van der Waals surface area contributed by atoms with E-state index in [0.717, 1.165) is 34.9 Å². The average Bonchev–Trinajstić information content (AvgIpc) is 2.92. The zero-order chi connectivity index (χ0) is 15.5. The number of nitrogens with zero attached hydrogens (tertiary/aromatic N) is 3. The van der Waals surface area contributed by atoms with E-state index in [0.29, 0.717) is 6.61 Å². The van der Waals surface area contributed by atoms with Crippen LogP contribution in [0.25, 0.3) is 16.9 Å². The van der Waals surface area contributed by atoms with Crippen molar-refractivity contribution in [2.24, 2.45) is 0 Å². The van der Waals surface area contributed by atoms with Crippen LogP contribution in [0.15, 0.2) is 48.8 Å². The molecule has 0 spiro atoms. The summed E-state index contributed by atoms with van der Waals surface area (Å²) in [5.41, 5.74) is 9.29. The van der Waals surface area contributed by atoms with Crippen molar-refractivity contribution in [3.63, 3.8) is 0 Å². The van der Waals surface area contributed by atoms with Crippen molar-refractivity contribution < 1.29 is 4.74 Å². The SMILES string of the molecule is CN(C)CCOc1cccn2cc(-c3cccc(N)c3)nc12. The number of pyridine rings is 1. The van der Waals surface area contributed by atoms with Gasteiger partial charge in [0.1, 0.15) is 6.61 Å². The molecule has 0 aliphatic carbocycles. The van der Waals surface area contributed by atoms with Crippen LogP contribution in [-0.4, -0.2) is 41.5 Å². The van der Waals surface area contributed by atoms with Gasteiger partial charge in [-0.3, -0.25) is 0 Å². The predicted octanol–water partition coefficient (Wildman–Crippen LogP) is 2.52. The van der Waals surface area contributed by atoms with Gasteiger partial charge in [-0.2, -0.15) is 0 Å². The molecule has 0 aliphatic rings. The minimum Gasteiger partial charge on any atom is -0.488 e. The van der Waals surface area contributed by atoms with E-state index in [4.69, 9.17) is 15.5 Å². The molecule has 3 aromatic rings. The lowest BCUT2D eigenvalue weighted by atomic mass is 10.1. The van der Waals surface area contributed by atoms with Crippen LogP contribution in [0.3, 0.4) is 0 Å². The number of imidazole rings is 1. The molecule has 2 heterocycles. The molecule has 0 fully saturated rings. The van der Waals surface area contributed by atoms with E-state index >= 15 is 0 Å². The van der Waals surface area contributed by atoms with Gasteiger partial charge in [0.25, 0.3) is 0 Å². The molecule has 0 bridgehead atoms. The Bertz CT molecular complexity index is 779. The number of aromatic nitrogens is 2. The van der Waals surface area contributed by atoms with Crippen molar-refractivity contribution in [2.75, 3.05) is 33.0 Å². The van der Waals surface area contributed by atoms with E-state index in [2.05, 4.69) is 4.90 Å². The van der Waals surface area contributed by atoms with Gasteiger partial charge in [-0.15, -0.1) is 0 Å². The lowest BCUT2D eigenvalue weighted by Crippen LogP contribution is -2.19. The molecule has 0 saturated carbocycles. The Morgan fingerprint density at radius 3 is 2.86 bits per heavy atom. The largest absolute Gasteiger partial charge is 0.488 e. The van der Waals surface area contributed by atoms with Crippen LogP contribution in [0.5, 0.6) is 5.75 Å². The second kappa shape index (κ2) is 6.07. The van der Waals surface area contributed by atoms with Crippen molar-refractivity contribution >= 4 is 11.3 Å². The molecule has 0 aliphatic heterocycles. The van der Waals surface area contributed by atoms with Crippen LogP contribution in [0.1, 0.15) is 0 Å². The van der Waals surface area contributed by atoms with Crippen molar-refractivity contribution in [3.05, 3.63) is 48.8 Å². The van der Waals surface area contributed by atoms with Gasteiger partial charge in [-0.05, 0) is 38.4 Å². The van der Waals surface area contributed by atoms with Crippen molar-refractivity contribution in [3.8, 4) is 17.0 Å². The highest BCUT2D eigenvalue weighted by atomic mass is 16.5. The van der Waals surface area contributed by atoms with Crippen molar-refractivity contribution in [1.82, 2.24) is 14.3 Å². The number of ether oxygens (including phenoxy) is 1. The Morgan fingerprint density at radius 1 is 1.23 bits per heavy atom. The van der Waals surface area contributed by atoms with E-state index in [-0.39, 0.29) is 0 Å². The number of hydrogen-bond donors (Lipinski definition) is 1. The number of anilines is 1. The summed E-state index contributed by atoms with van der Waals surface area (Å²) in [6.07, 6.45) is 3.96. The Kier molecular flexibility index (Phi) is 3.98. The summed E-state index contributed by atoms with van der Waals surface area (Å²) in [6, 6.07) is 11.6. The fourth-order valence-electron chi connectivity index (χ4n) is 2.28. The van der Waals surface area contributed by atoms with Gasteiger partial charge in [0.2, 0.25) is 0 Å². The lowest BCUT2D eigenvalue weighted by Gasteiger charge is -2.11. The summed E-state index contributed by atoms with van der Waals surface area (Å²) in [4.78, 5) is 6.78. The highest BCUT2D eigenvalue weighted by Crippen LogP contribution is 2.25. The molecule has 3 rings (SSSR count). The summed E-state index contributed by atoms with van der Waals surface area (Å²) in [6.45, 7) is 1.50. The predicted molar refractivity (Wildman–Crippen MR) is 89.1 cm³/mol. The summed E-state index contributed by atoms with van der Waals surface area (Å²) >= 11 is 0. The van der Waals surface area contributed by atoms with E-state index in [1.165, 1.54) is 0 Å². The fraction of sp³-hybridized carbons (Fsp3) is 0.235. The Labute approximate surface area is 129 Å². The average molecular weight is 296 g/mol. The van der Waals surface area contributed by atoms with Gasteiger partial charge >= 0.3 is 0 Å². The zero-order valence-electron chi connectivity index (χ0n) is 12.9. The van der Waals surface area contributed by atoms with Crippen molar-refractivity contribution in [2.45, 2.75) is 0 Å². The first-order valence-corrected chi connectivity index (χ1v) is 7.24. The molecule has 114 valence electrons. The number of likely N-dealkylation sites (N-methyl/N-ethyl adjacent to an activating group) is 1. The van der Waals surface area contributed by atoms with Crippen LogP contribution in [0, 0.1) is 0 Å². The molecule has 5 heteroatoms. The number of nitrogen functional groups attached to an aromatic ring is 1. The maximum Gasteiger partial charge on any atom is 0.180 e. The number of benzene rings is 1. The standard InChI is InChI=1S/C17H20N4O/c1-20(2)9-10-22-16-7-4-8-21-12-15(19-17(16)21)13-5-3-6-14(18)11-13/h3-8,11-12H,9-10,18H2,1-2H3. The van der Waals surface area contributed by atoms with Gasteiger partial charge in [0, 0.05) is 30.2 Å². The van der Waals surface area contributed by atoms with Crippen LogP contribution in [-0.2, 0) is 0 Å². The molecule has 0 unspecified atom stereocenters. The van der Waals surface area contributed by atoms with Crippen LogP contribution in [0.4, 0.5) is 5.69 Å². The van der Waals surface area contributed by atoms with Gasteiger partial charge < -0.3 is 19.8 Å². The molecule has 2 aromatic heterocycles. The number of hydrogen-bond acceptors (Lipinski definition) is 4. The maximum atomic E-state index is 5.85. The molecule has 0 radical (unpaired) electrons. The molecule has 2 N–H and O–H groups in total. The quantitative estimate of drug-likeness (QED) is 0.735. The first kappa shape index (κ1) is 14.4. The molecule has 5 nitrogen and oxygen atoms in total. The Balaban J connectivity index is 1.92. The highest BCUT2D eigenvalue weighted by Gasteiger charge is 2.09. The van der Waals surface area contributed by atoms with Gasteiger partial charge in [-0.25, -0.2) is 4.98 Å². The fourth-order valence-corrected chi connectivity index (χ4v) is 2.28. The Hall–Kier alpha value is -2.53. The third kappa shape index (κ3) is 3.04. The third-order valence-corrected chi connectivity index (χ3v) is 3.43. The minimum absolute atomic E-state index is 0.632. The minimum atomic E-state index is 0.632. The Morgan fingerprint density at radius 2 is 2.09 bits per heavy atom. The molecule has 0 saturated heterocycles. The summed E-state index contributed by atoms with van der Waals surface area (Å²) in [7, 11) is 4.05. The van der Waals surface area contributed by atoms with E-state index < -0.39 is 0 Å². The second-order valence-corrected chi connectivity index (χ2v) is 5.51. The highest BCUT2D eigenvalue weighted by molar-refractivity contribution is 5.68. The van der Waals surface area contributed by atoms with E-state index in [9.17, 15) is 0 Å². The topological polar surface area (TPSA) is 55.8 Å². The first-order valence-electron chi connectivity index (χ1n) is 7.24. The molecule has 1 aromatic carbocycles. The summed E-state index contributed by atoms with van der Waals surface area (Å²) in [5.74, 6) is 0.791. The van der Waals surface area contributed by atoms with Crippen molar-refractivity contribution in [1.29, 1.82) is 0 Å². The van der Waals surface area contributed by atoms with Crippen LogP contribution in [0.2, 0.25) is 0 Å². The molecule has 0 atom stereocenters. The van der Waals surface area contributed by atoms with Gasteiger partial charge in [0.15, 0.2) is 11.4 Å². The summed E-state index contributed by atoms with van der Waals surface area (Å²) in [5, 5.41) is 0. The van der Waals surface area contributed by atoms with E-state index in [1.807, 2.05) is 67.3 Å². The monoisotopic (exact) mass is 296 g/mol. The first-order chi connectivity index (χ1) is 10.6. The number of fused-ring (bicyclic) bond motifs is 1. The van der Waals surface area contributed by atoms with Gasteiger partial charge in [0.05, 0.1) is 5.69 Å². The number of nitrogens with two attached hydrogens (primary N) is 1.